The zero-order valence-electron chi connectivity index (χ0n) is 18.5. The molecule has 1 amide bonds. The van der Waals surface area contributed by atoms with Crippen molar-refractivity contribution in [2.24, 2.45) is 0 Å². The smallest absolute Gasteiger partial charge is 0.255 e. The third-order valence-corrected chi connectivity index (χ3v) is 5.62. The van der Waals surface area contributed by atoms with E-state index in [1.54, 1.807) is 31.4 Å². The summed E-state index contributed by atoms with van der Waals surface area (Å²) in [7, 11) is 1.76. The Morgan fingerprint density at radius 1 is 1.28 bits per heavy atom. The van der Waals surface area contributed by atoms with Gasteiger partial charge < -0.3 is 20.7 Å². The highest BCUT2D eigenvalue weighted by molar-refractivity contribution is 6.31. The minimum absolute atomic E-state index is 0.0621. The summed E-state index contributed by atoms with van der Waals surface area (Å²) in [5, 5.41) is 25.0. The van der Waals surface area contributed by atoms with Crippen molar-refractivity contribution in [3.63, 3.8) is 0 Å². The van der Waals surface area contributed by atoms with Crippen molar-refractivity contribution in [1.82, 2.24) is 20.3 Å². The number of amides is 1. The van der Waals surface area contributed by atoms with E-state index < -0.39 is 0 Å². The Kier molecular flexibility index (Phi) is 7.82. The molecule has 0 radical (unpaired) electrons. The minimum Gasteiger partial charge on any atom is -0.393 e. The maximum absolute atomic E-state index is 12.8. The molecule has 2 heterocycles. The van der Waals surface area contributed by atoms with E-state index in [2.05, 4.69) is 25.6 Å². The summed E-state index contributed by atoms with van der Waals surface area (Å²) in [5.41, 5.74) is 3.12. The van der Waals surface area contributed by atoms with Crippen LogP contribution in [0.1, 0.15) is 61.1 Å². The Hall–Kier alpha value is -2.97. The third kappa shape index (κ3) is 5.08. The van der Waals surface area contributed by atoms with Gasteiger partial charge in [-0.1, -0.05) is 25.4 Å². The zero-order valence-corrected chi connectivity index (χ0v) is 19.3. The number of nitrogens with one attached hydrogen (secondary N) is 4. The van der Waals surface area contributed by atoms with Gasteiger partial charge in [-0.15, -0.1) is 0 Å². The van der Waals surface area contributed by atoms with Crippen molar-refractivity contribution < 1.29 is 9.90 Å². The van der Waals surface area contributed by atoms with Crippen LogP contribution in [0.15, 0.2) is 30.6 Å². The fraction of sp³-hybridized carbons (Fsp3) is 0.391. The molecule has 2 atom stereocenters. The predicted molar refractivity (Wildman–Crippen MR) is 128 cm³/mol. The van der Waals surface area contributed by atoms with Crippen molar-refractivity contribution in [3.05, 3.63) is 52.4 Å². The molecule has 1 fully saturated rings. The van der Waals surface area contributed by atoms with Gasteiger partial charge in [0, 0.05) is 35.6 Å². The van der Waals surface area contributed by atoms with E-state index in [-0.39, 0.29) is 23.8 Å². The van der Waals surface area contributed by atoms with Crippen molar-refractivity contribution in [2.45, 2.75) is 51.7 Å². The molecule has 2 unspecified atom stereocenters. The zero-order chi connectivity index (χ0) is 23.3. The number of hydrogen-bond acceptors (Lipinski definition) is 6. The van der Waals surface area contributed by atoms with Gasteiger partial charge in [-0.25, -0.2) is 9.97 Å². The van der Waals surface area contributed by atoms with E-state index in [0.29, 0.717) is 45.1 Å². The van der Waals surface area contributed by atoms with E-state index in [0.717, 1.165) is 19.3 Å². The van der Waals surface area contributed by atoms with Gasteiger partial charge in [-0.2, -0.15) is 0 Å². The number of rotatable bonds is 5. The molecule has 1 saturated carbocycles. The highest BCUT2D eigenvalue weighted by Gasteiger charge is 2.24. The topological polar surface area (TPSA) is 127 Å². The van der Waals surface area contributed by atoms with Crippen LogP contribution in [0.5, 0.6) is 0 Å². The SMILES string of the molecule is CC.CNc1cc(Cl)ccc1C(=N)c1cnc2[nH]cc(C(=O)NC3CCCC(O)C3)c2n1. The van der Waals surface area contributed by atoms with Gasteiger partial charge >= 0.3 is 0 Å². The van der Waals surface area contributed by atoms with E-state index >= 15 is 0 Å². The summed E-state index contributed by atoms with van der Waals surface area (Å²) in [6, 6.07) is 5.14. The molecule has 0 aliphatic heterocycles. The van der Waals surface area contributed by atoms with Crippen molar-refractivity contribution in [3.8, 4) is 0 Å². The van der Waals surface area contributed by atoms with Gasteiger partial charge in [-0.05, 0) is 43.9 Å². The Labute approximate surface area is 192 Å². The normalized spacial score (nSPS) is 17.9. The maximum atomic E-state index is 12.8. The van der Waals surface area contributed by atoms with Gasteiger partial charge in [0.15, 0.2) is 5.65 Å². The minimum atomic E-state index is -0.375. The Morgan fingerprint density at radius 2 is 2.06 bits per heavy atom. The number of aromatic nitrogens is 3. The number of anilines is 1. The Bertz CT molecular complexity index is 1110. The lowest BCUT2D eigenvalue weighted by Crippen LogP contribution is -2.39. The van der Waals surface area contributed by atoms with E-state index in [9.17, 15) is 9.90 Å². The first-order valence-corrected chi connectivity index (χ1v) is 11.2. The fourth-order valence-corrected chi connectivity index (χ4v) is 3.99. The van der Waals surface area contributed by atoms with Crippen LogP contribution in [0, 0.1) is 5.41 Å². The van der Waals surface area contributed by atoms with Crippen LogP contribution in [-0.4, -0.2) is 50.9 Å². The number of hydrogen-bond donors (Lipinski definition) is 5. The third-order valence-electron chi connectivity index (χ3n) is 5.38. The highest BCUT2D eigenvalue weighted by Crippen LogP contribution is 2.24. The number of carbonyl (C=O) groups excluding carboxylic acids is 1. The van der Waals surface area contributed by atoms with Gasteiger partial charge in [-0.3, -0.25) is 10.2 Å². The first-order chi connectivity index (χ1) is 15.5. The Morgan fingerprint density at radius 3 is 2.78 bits per heavy atom. The van der Waals surface area contributed by atoms with Crippen LogP contribution in [0.25, 0.3) is 11.2 Å². The molecule has 0 saturated heterocycles. The number of halogens is 1. The van der Waals surface area contributed by atoms with Gasteiger partial charge in [0.2, 0.25) is 0 Å². The van der Waals surface area contributed by atoms with Crippen LogP contribution in [0.4, 0.5) is 5.69 Å². The summed E-state index contributed by atoms with van der Waals surface area (Å²) >= 11 is 6.05. The summed E-state index contributed by atoms with van der Waals surface area (Å²) in [6.45, 7) is 4.00. The molecule has 9 heteroatoms. The molecule has 4 rings (SSSR count). The fourth-order valence-electron chi connectivity index (χ4n) is 3.82. The molecule has 1 aliphatic rings. The molecule has 0 bridgehead atoms. The highest BCUT2D eigenvalue weighted by atomic mass is 35.5. The van der Waals surface area contributed by atoms with E-state index in [1.807, 2.05) is 13.8 Å². The number of fused-ring (bicyclic) bond motifs is 1. The van der Waals surface area contributed by atoms with E-state index in [1.165, 1.54) is 6.20 Å². The summed E-state index contributed by atoms with van der Waals surface area (Å²) in [5.74, 6) is -0.263. The van der Waals surface area contributed by atoms with Gasteiger partial charge in [0.05, 0.1) is 23.6 Å². The lowest BCUT2D eigenvalue weighted by molar-refractivity contribution is 0.0851. The van der Waals surface area contributed by atoms with Crippen LogP contribution >= 0.6 is 11.6 Å². The molecular formula is C23H29ClN6O2. The lowest BCUT2D eigenvalue weighted by Gasteiger charge is -2.26. The van der Waals surface area contributed by atoms with Crippen LogP contribution in [0.2, 0.25) is 5.02 Å². The first kappa shape index (κ1) is 23.7. The average Bonchev–Trinajstić information content (AvgIpc) is 3.23. The molecule has 5 N–H and O–H groups in total. The summed E-state index contributed by atoms with van der Waals surface area (Å²) in [4.78, 5) is 24.7. The van der Waals surface area contributed by atoms with Crippen molar-refractivity contribution >= 4 is 40.1 Å². The predicted octanol–water partition coefficient (Wildman–Crippen LogP) is 4.13. The largest absolute Gasteiger partial charge is 0.393 e. The second kappa shape index (κ2) is 10.6. The maximum Gasteiger partial charge on any atom is 0.255 e. The van der Waals surface area contributed by atoms with Crippen LogP contribution in [0.3, 0.4) is 0 Å². The molecule has 3 aromatic rings. The van der Waals surface area contributed by atoms with Gasteiger partial charge in [0.1, 0.15) is 11.2 Å². The van der Waals surface area contributed by atoms with Crippen molar-refractivity contribution in [2.75, 3.05) is 12.4 Å². The quantitative estimate of drug-likeness (QED) is 0.369. The van der Waals surface area contributed by atoms with Crippen molar-refractivity contribution in [1.29, 1.82) is 5.41 Å². The molecule has 8 nitrogen and oxygen atoms in total. The second-order valence-electron chi connectivity index (χ2n) is 7.46. The molecule has 170 valence electrons. The molecule has 1 aromatic carbocycles. The molecule has 32 heavy (non-hydrogen) atoms. The van der Waals surface area contributed by atoms with E-state index in [4.69, 9.17) is 17.0 Å². The number of H-pyrrole nitrogens is 1. The standard InChI is InChI=1S/C21H23ClN6O2.C2H6/c1-24-16-7-11(22)5-6-14(16)18(23)17-10-26-20-19(28-17)15(9-25-20)21(30)27-12-3-2-4-13(29)8-12;1-2/h5-7,9-10,12-13,23-24,29H,2-4,8H2,1H3,(H,25,26)(H,27,30);1-2H3. The van der Waals surface area contributed by atoms with Crippen LogP contribution in [-0.2, 0) is 0 Å². The molecule has 2 aromatic heterocycles. The Balaban J connectivity index is 0.00000141. The lowest BCUT2D eigenvalue weighted by atomic mass is 9.93. The molecule has 1 aliphatic carbocycles. The summed E-state index contributed by atoms with van der Waals surface area (Å²) < 4.78 is 0. The number of aliphatic hydroxyl groups excluding tert-OH is 1. The number of aromatic amines is 1. The molecule has 0 spiro atoms. The molecular weight excluding hydrogens is 428 g/mol. The first-order valence-electron chi connectivity index (χ1n) is 10.9. The number of carbonyl (C=O) groups is 1. The van der Waals surface area contributed by atoms with Gasteiger partial charge in [0.25, 0.3) is 5.91 Å². The number of benzene rings is 1. The average molecular weight is 457 g/mol. The number of aliphatic hydroxyl groups is 1. The second-order valence-corrected chi connectivity index (χ2v) is 7.90. The number of nitrogens with zero attached hydrogens (tertiary/aromatic N) is 2. The monoisotopic (exact) mass is 456 g/mol. The van der Waals surface area contributed by atoms with Crippen LogP contribution < -0.4 is 10.6 Å². The summed E-state index contributed by atoms with van der Waals surface area (Å²) in [6.07, 6.45) is 5.77.